The predicted molar refractivity (Wildman–Crippen MR) is 61.4 cm³/mol. The Morgan fingerprint density at radius 2 is 2.19 bits per heavy atom. The molecule has 0 aromatic heterocycles. The smallest absolute Gasteiger partial charge is 0.249 e. The van der Waals surface area contributed by atoms with Gasteiger partial charge in [-0.05, 0) is 24.6 Å². The van der Waals surface area contributed by atoms with Crippen molar-refractivity contribution in [2.24, 2.45) is 0 Å². The number of rotatable bonds is 2. The molecule has 1 aromatic carbocycles. The van der Waals surface area contributed by atoms with Crippen LogP contribution in [0.2, 0.25) is 5.02 Å². The van der Waals surface area contributed by atoms with Gasteiger partial charge in [0.1, 0.15) is 6.04 Å². The number of carbonyl (C=O) groups is 2. The fraction of sp³-hybridized carbons (Fsp3) is 0.273. The number of imide groups is 1. The summed E-state index contributed by atoms with van der Waals surface area (Å²) >= 11 is 6.01. The molecule has 1 saturated heterocycles. The summed E-state index contributed by atoms with van der Waals surface area (Å²) in [5.41, 5.74) is 1.71. The molecule has 2 amide bonds. The molecule has 1 heterocycles. The maximum Gasteiger partial charge on any atom is 0.249 e. The van der Waals surface area contributed by atoms with Gasteiger partial charge in [0.25, 0.3) is 0 Å². The summed E-state index contributed by atoms with van der Waals surface area (Å²) in [5.74, 6) is -0.563. The number of anilines is 1. The highest BCUT2D eigenvalue weighted by Gasteiger charge is 2.30. The first kappa shape index (κ1) is 11.0. The molecule has 1 aliphatic rings. The number of carbonyl (C=O) groups excluding carboxylic acids is 2. The van der Waals surface area contributed by atoms with E-state index in [2.05, 4.69) is 10.6 Å². The van der Waals surface area contributed by atoms with E-state index in [4.69, 9.17) is 11.6 Å². The van der Waals surface area contributed by atoms with Crippen LogP contribution in [-0.2, 0) is 9.59 Å². The Morgan fingerprint density at radius 3 is 2.75 bits per heavy atom. The second kappa shape index (κ2) is 4.14. The quantitative estimate of drug-likeness (QED) is 0.768. The molecule has 1 aromatic rings. The van der Waals surface area contributed by atoms with Gasteiger partial charge in [-0.1, -0.05) is 17.7 Å². The lowest BCUT2D eigenvalue weighted by atomic mass is 10.2. The Morgan fingerprint density at radius 1 is 1.44 bits per heavy atom. The van der Waals surface area contributed by atoms with Crippen LogP contribution >= 0.6 is 11.6 Å². The summed E-state index contributed by atoms with van der Waals surface area (Å²) in [6, 6.07) is 4.97. The maximum atomic E-state index is 11.3. The number of halogens is 1. The van der Waals surface area contributed by atoms with E-state index >= 15 is 0 Å². The SMILES string of the molecule is Cc1ccc(NC2CC(=O)NC2=O)c(Cl)c1. The molecule has 0 spiro atoms. The number of nitrogens with one attached hydrogen (secondary N) is 2. The first-order chi connectivity index (χ1) is 7.56. The standard InChI is InChI=1S/C11H11ClN2O2/c1-6-2-3-8(7(12)4-6)13-9-5-10(15)14-11(9)16/h2-4,9,13H,5H2,1H3,(H,14,15,16). The van der Waals surface area contributed by atoms with Crippen molar-refractivity contribution in [2.75, 3.05) is 5.32 Å². The van der Waals surface area contributed by atoms with Crippen LogP contribution < -0.4 is 10.6 Å². The molecule has 0 bridgehead atoms. The van der Waals surface area contributed by atoms with Crippen molar-refractivity contribution in [1.82, 2.24) is 5.32 Å². The molecule has 1 fully saturated rings. The Kier molecular flexibility index (Phi) is 2.83. The van der Waals surface area contributed by atoms with Gasteiger partial charge in [0.15, 0.2) is 0 Å². The normalized spacial score (nSPS) is 19.8. The zero-order chi connectivity index (χ0) is 11.7. The Balaban J connectivity index is 2.15. The molecule has 0 aliphatic carbocycles. The van der Waals surface area contributed by atoms with E-state index in [1.165, 1.54) is 0 Å². The summed E-state index contributed by atoms with van der Waals surface area (Å²) in [6.45, 7) is 1.93. The van der Waals surface area contributed by atoms with Crippen molar-refractivity contribution in [1.29, 1.82) is 0 Å². The van der Waals surface area contributed by atoms with Crippen LogP contribution in [-0.4, -0.2) is 17.9 Å². The van der Waals surface area contributed by atoms with Crippen LogP contribution in [0.4, 0.5) is 5.69 Å². The fourth-order valence-corrected chi connectivity index (χ4v) is 1.88. The molecule has 1 atom stereocenters. The second-order valence-corrected chi connectivity index (χ2v) is 4.20. The third-order valence-corrected chi connectivity index (χ3v) is 2.74. The van der Waals surface area contributed by atoms with Crippen LogP contribution in [0.1, 0.15) is 12.0 Å². The minimum atomic E-state index is -0.521. The average Bonchev–Trinajstić information content (AvgIpc) is 2.50. The largest absolute Gasteiger partial charge is 0.372 e. The van der Waals surface area contributed by atoms with Gasteiger partial charge in [-0.25, -0.2) is 0 Å². The van der Waals surface area contributed by atoms with Crippen LogP contribution in [0, 0.1) is 6.92 Å². The zero-order valence-corrected chi connectivity index (χ0v) is 9.47. The summed E-state index contributed by atoms with van der Waals surface area (Å²) in [5, 5.41) is 5.73. The zero-order valence-electron chi connectivity index (χ0n) is 8.71. The average molecular weight is 239 g/mol. The lowest BCUT2D eigenvalue weighted by Gasteiger charge is -2.12. The van der Waals surface area contributed by atoms with Crippen molar-refractivity contribution in [3.8, 4) is 0 Å². The molecule has 16 heavy (non-hydrogen) atoms. The van der Waals surface area contributed by atoms with Crippen molar-refractivity contribution < 1.29 is 9.59 Å². The van der Waals surface area contributed by atoms with Crippen molar-refractivity contribution in [3.63, 3.8) is 0 Å². The predicted octanol–water partition coefficient (Wildman–Crippen LogP) is 1.48. The monoisotopic (exact) mass is 238 g/mol. The fourth-order valence-electron chi connectivity index (χ4n) is 1.60. The van der Waals surface area contributed by atoms with Gasteiger partial charge in [-0.3, -0.25) is 14.9 Å². The third kappa shape index (κ3) is 2.17. The minimum Gasteiger partial charge on any atom is -0.372 e. The molecule has 4 nitrogen and oxygen atoms in total. The van der Waals surface area contributed by atoms with Gasteiger partial charge in [0.2, 0.25) is 11.8 Å². The van der Waals surface area contributed by atoms with Crippen LogP contribution in [0.25, 0.3) is 0 Å². The van der Waals surface area contributed by atoms with Crippen LogP contribution in [0.5, 0.6) is 0 Å². The first-order valence-corrected chi connectivity index (χ1v) is 5.30. The highest BCUT2D eigenvalue weighted by molar-refractivity contribution is 6.33. The van der Waals surface area contributed by atoms with Crippen molar-refractivity contribution in [2.45, 2.75) is 19.4 Å². The topological polar surface area (TPSA) is 58.2 Å². The summed E-state index contributed by atoms with van der Waals surface area (Å²) in [6.07, 6.45) is 0.156. The minimum absolute atomic E-state index is 0.156. The molecule has 5 heteroatoms. The molecular formula is C11H11ClN2O2. The van der Waals surface area contributed by atoms with E-state index in [1.807, 2.05) is 13.0 Å². The van der Waals surface area contributed by atoms with E-state index < -0.39 is 6.04 Å². The molecule has 2 N–H and O–H groups in total. The summed E-state index contributed by atoms with van der Waals surface area (Å²) < 4.78 is 0. The van der Waals surface area contributed by atoms with E-state index in [-0.39, 0.29) is 18.2 Å². The number of aryl methyl sites for hydroxylation is 1. The molecule has 1 aliphatic heterocycles. The number of hydrogen-bond acceptors (Lipinski definition) is 3. The van der Waals surface area contributed by atoms with E-state index in [0.717, 1.165) is 5.56 Å². The lowest BCUT2D eigenvalue weighted by Crippen LogP contribution is -2.30. The highest BCUT2D eigenvalue weighted by Crippen LogP contribution is 2.24. The third-order valence-electron chi connectivity index (χ3n) is 2.42. The Bertz CT molecular complexity index is 459. The summed E-state index contributed by atoms with van der Waals surface area (Å²) in [4.78, 5) is 22.3. The van der Waals surface area contributed by atoms with Crippen molar-refractivity contribution in [3.05, 3.63) is 28.8 Å². The summed E-state index contributed by atoms with van der Waals surface area (Å²) in [7, 11) is 0. The Labute approximate surface area is 98.0 Å². The van der Waals surface area contributed by atoms with Gasteiger partial charge in [-0.2, -0.15) is 0 Å². The molecule has 1 unspecified atom stereocenters. The first-order valence-electron chi connectivity index (χ1n) is 4.92. The molecule has 2 rings (SSSR count). The molecular weight excluding hydrogens is 228 g/mol. The van der Waals surface area contributed by atoms with Crippen LogP contribution in [0.15, 0.2) is 18.2 Å². The Hall–Kier alpha value is -1.55. The van der Waals surface area contributed by atoms with E-state index in [0.29, 0.717) is 10.7 Å². The van der Waals surface area contributed by atoms with Crippen molar-refractivity contribution >= 4 is 29.1 Å². The van der Waals surface area contributed by atoms with Crippen LogP contribution in [0.3, 0.4) is 0 Å². The maximum absolute atomic E-state index is 11.3. The lowest BCUT2D eigenvalue weighted by molar-refractivity contribution is -0.124. The highest BCUT2D eigenvalue weighted by atomic mass is 35.5. The van der Waals surface area contributed by atoms with E-state index in [9.17, 15) is 9.59 Å². The number of benzene rings is 1. The number of amides is 2. The van der Waals surface area contributed by atoms with Gasteiger partial charge in [0.05, 0.1) is 17.1 Å². The van der Waals surface area contributed by atoms with E-state index in [1.54, 1.807) is 12.1 Å². The molecule has 0 radical (unpaired) electrons. The second-order valence-electron chi connectivity index (χ2n) is 3.80. The number of hydrogen-bond donors (Lipinski definition) is 2. The molecule has 84 valence electrons. The molecule has 0 saturated carbocycles. The van der Waals surface area contributed by atoms with Gasteiger partial charge in [0, 0.05) is 0 Å². The van der Waals surface area contributed by atoms with Gasteiger partial charge >= 0.3 is 0 Å². The van der Waals surface area contributed by atoms with Gasteiger partial charge < -0.3 is 5.32 Å². The van der Waals surface area contributed by atoms with Gasteiger partial charge in [-0.15, -0.1) is 0 Å².